The molecule has 1 fully saturated rings. The summed E-state index contributed by atoms with van der Waals surface area (Å²) in [5, 5.41) is 3.25. The first-order valence-corrected chi connectivity index (χ1v) is 6.65. The summed E-state index contributed by atoms with van der Waals surface area (Å²) < 4.78 is 10.5. The number of hydrogen-bond donors (Lipinski definition) is 1. The Kier molecular flexibility index (Phi) is 4.78. The lowest BCUT2D eigenvalue weighted by molar-refractivity contribution is -0.154. The van der Waals surface area contributed by atoms with Gasteiger partial charge in [0.05, 0.1) is 31.2 Å². The summed E-state index contributed by atoms with van der Waals surface area (Å²) in [6.07, 6.45) is 5.62. The van der Waals surface area contributed by atoms with Crippen LogP contribution in [0.3, 0.4) is 0 Å². The van der Waals surface area contributed by atoms with Crippen molar-refractivity contribution >= 4 is 5.97 Å². The quantitative estimate of drug-likeness (QED) is 0.630. The Balaban J connectivity index is 1.82. The normalized spacial score (nSPS) is 17.6. The number of carbonyl (C=O) groups excluding carboxylic acids is 1. The Morgan fingerprint density at radius 2 is 2.20 bits per heavy atom. The Labute approximate surface area is 119 Å². The molecule has 4 heteroatoms. The molecular formula is C16H19NO3. The van der Waals surface area contributed by atoms with Crippen molar-refractivity contribution in [3.63, 3.8) is 0 Å². The fraction of sp³-hybridized carbons (Fsp3) is 0.438. The summed E-state index contributed by atoms with van der Waals surface area (Å²) in [5.41, 5.74) is 0.601. The minimum atomic E-state index is -0.375. The lowest BCUT2D eigenvalue weighted by Gasteiger charge is -2.42. The predicted octanol–water partition coefficient (Wildman–Crippen LogP) is 1.50. The fourth-order valence-corrected chi connectivity index (χ4v) is 2.15. The van der Waals surface area contributed by atoms with Crippen LogP contribution in [0.15, 0.2) is 30.3 Å². The Hall–Kier alpha value is -1.83. The summed E-state index contributed by atoms with van der Waals surface area (Å²) >= 11 is 0. The lowest BCUT2D eigenvalue weighted by Crippen LogP contribution is -2.63. The zero-order valence-corrected chi connectivity index (χ0v) is 11.6. The van der Waals surface area contributed by atoms with Crippen molar-refractivity contribution in [1.29, 1.82) is 0 Å². The highest BCUT2D eigenvalue weighted by Crippen LogP contribution is 2.22. The molecule has 0 saturated carbocycles. The maximum Gasteiger partial charge on any atom is 0.308 e. The molecule has 0 amide bonds. The van der Waals surface area contributed by atoms with Gasteiger partial charge in [-0.3, -0.25) is 10.1 Å². The molecule has 4 nitrogen and oxygen atoms in total. The van der Waals surface area contributed by atoms with Crippen molar-refractivity contribution in [2.45, 2.75) is 31.5 Å². The Bertz CT molecular complexity index is 488. The smallest absolute Gasteiger partial charge is 0.308 e. The second-order valence-corrected chi connectivity index (χ2v) is 5.13. The Morgan fingerprint density at radius 3 is 2.75 bits per heavy atom. The number of esters is 1. The molecule has 1 aromatic carbocycles. The summed E-state index contributed by atoms with van der Waals surface area (Å²) in [7, 11) is 0. The molecule has 1 aliphatic heterocycles. The fourth-order valence-electron chi connectivity index (χ4n) is 2.15. The van der Waals surface area contributed by atoms with Crippen molar-refractivity contribution < 1.29 is 14.3 Å². The molecule has 0 radical (unpaired) electrons. The molecule has 1 aromatic rings. The van der Waals surface area contributed by atoms with E-state index in [1.165, 1.54) is 0 Å². The molecule has 0 bridgehead atoms. The maximum atomic E-state index is 11.9. The zero-order valence-electron chi connectivity index (χ0n) is 11.6. The molecular weight excluding hydrogens is 254 g/mol. The second-order valence-electron chi connectivity index (χ2n) is 5.13. The van der Waals surface area contributed by atoms with Gasteiger partial charge in [-0.15, -0.1) is 6.42 Å². The summed E-state index contributed by atoms with van der Waals surface area (Å²) in [4.78, 5) is 11.9. The maximum absolute atomic E-state index is 11.9. The van der Waals surface area contributed by atoms with E-state index in [1.54, 1.807) is 0 Å². The third-order valence-corrected chi connectivity index (χ3v) is 3.25. The number of ether oxygens (including phenoxy) is 2. The van der Waals surface area contributed by atoms with Gasteiger partial charge >= 0.3 is 5.97 Å². The van der Waals surface area contributed by atoms with Crippen LogP contribution in [-0.2, 0) is 20.9 Å². The first kappa shape index (κ1) is 14.6. The number of rotatable bonds is 6. The van der Waals surface area contributed by atoms with Gasteiger partial charge in [-0.1, -0.05) is 36.3 Å². The van der Waals surface area contributed by atoms with Gasteiger partial charge in [-0.05, 0) is 12.5 Å². The topological polar surface area (TPSA) is 47.6 Å². The molecule has 1 saturated heterocycles. The predicted molar refractivity (Wildman–Crippen MR) is 75.8 cm³/mol. The number of hydrogen-bond acceptors (Lipinski definition) is 4. The molecule has 1 aliphatic rings. The molecule has 0 aromatic heterocycles. The van der Waals surface area contributed by atoms with Crippen LogP contribution in [0.4, 0.5) is 0 Å². The van der Waals surface area contributed by atoms with Crippen LogP contribution in [-0.4, -0.2) is 30.8 Å². The number of benzene rings is 1. The van der Waals surface area contributed by atoms with Gasteiger partial charge in [-0.25, -0.2) is 0 Å². The van der Waals surface area contributed by atoms with Gasteiger partial charge < -0.3 is 9.47 Å². The third-order valence-electron chi connectivity index (χ3n) is 3.25. The summed E-state index contributed by atoms with van der Waals surface area (Å²) in [6, 6.07) is 9.52. The van der Waals surface area contributed by atoms with E-state index in [9.17, 15) is 4.79 Å². The van der Waals surface area contributed by atoms with E-state index in [2.05, 4.69) is 11.2 Å². The SMILES string of the molecule is C#CC(C)NC1(CC(=O)OCc2ccccc2)COC1. The molecule has 1 N–H and O–H groups in total. The molecule has 106 valence electrons. The Morgan fingerprint density at radius 1 is 1.50 bits per heavy atom. The summed E-state index contributed by atoms with van der Waals surface area (Å²) in [5.74, 6) is 2.36. The van der Waals surface area contributed by atoms with Crippen LogP contribution in [0.1, 0.15) is 18.9 Å². The highest BCUT2D eigenvalue weighted by molar-refractivity contribution is 5.71. The first-order valence-electron chi connectivity index (χ1n) is 6.65. The largest absolute Gasteiger partial charge is 0.461 e. The van der Waals surface area contributed by atoms with Crippen molar-refractivity contribution in [2.24, 2.45) is 0 Å². The van der Waals surface area contributed by atoms with E-state index in [4.69, 9.17) is 15.9 Å². The average Bonchev–Trinajstić information content (AvgIpc) is 2.43. The van der Waals surface area contributed by atoms with Crippen LogP contribution in [0.2, 0.25) is 0 Å². The highest BCUT2D eigenvalue weighted by Gasteiger charge is 2.41. The minimum Gasteiger partial charge on any atom is -0.461 e. The molecule has 20 heavy (non-hydrogen) atoms. The van der Waals surface area contributed by atoms with Gasteiger partial charge in [-0.2, -0.15) is 0 Å². The third kappa shape index (κ3) is 3.83. The van der Waals surface area contributed by atoms with E-state index in [0.29, 0.717) is 19.8 Å². The number of nitrogens with one attached hydrogen (secondary N) is 1. The van der Waals surface area contributed by atoms with Gasteiger partial charge in [0, 0.05) is 0 Å². The van der Waals surface area contributed by atoms with Gasteiger partial charge in [0.25, 0.3) is 0 Å². The van der Waals surface area contributed by atoms with Gasteiger partial charge in [0.1, 0.15) is 6.61 Å². The van der Waals surface area contributed by atoms with Gasteiger partial charge in [0.2, 0.25) is 0 Å². The molecule has 0 aliphatic carbocycles. The van der Waals surface area contributed by atoms with Crippen molar-refractivity contribution in [3.05, 3.63) is 35.9 Å². The number of carbonyl (C=O) groups is 1. The van der Waals surface area contributed by atoms with Crippen LogP contribution < -0.4 is 5.32 Å². The van der Waals surface area contributed by atoms with Crippen LogP contribution in [0, 0.1) is 12.3 Å². The minimum absolute atomic E-state index is 0.0965. The van der Waals surface area contributed by atoms with Crippen LogP contribution >= 0.6 is 0 Å². The molecule has 1 atom stereocenters. The van der Waals surface area contributed by atoms with Crippen LogP contribution in [0.5, 0.6) is 0 Å². The zero-order chi connectivity index (χ0) is 14.4. The molecule has 0 spiro atoms. The van der Waals surface area contributed by atoms with E-state index in [0.717, 1.165) is 5.56 Å². The summed E-state index contributed by atoms with van der Waals surface area (Å²) in [6.45, 7) is 3.15. The van der Waals surface area contributed by atoms with Crippen molar-refractivity contribution in [2.75, 3.05) is 13.2 Å². The molecule has 1 unspecified atom stereocenters. The van der Waals surface area contributed by atoms with Crippen molar-refractivity contribution in [1.82, 2.24) is 5.32 Å². The van der Waals surface area contributed by atoms with E-state index >= 15 is 0 Å². The molecule has 1 heterocycles. The van der Waals surface area contributed by atoms with Crippen LogP contribution in [0.25, 0.3) is 0 Å². The van der Waals surface area contributed by atoms with E-state index in [-0.39, 0.29) is 24.0 Å². The van der Waals surface area contributed by atoms with E-state index in [1.807, 2.05) is 37.3 Å². The molecule has 2 rings (SSSR count). The highest BCUT2D eigenvalue weighted by atomic mass is 16.5. The average molecular weight is 273 g/mol. The van der Waals surface area contributed by atoms with E-state index < -0.39 is 0 Å². The van der Waals surface area contributed by atoms with Crippen molar-refractivity contribution in [3.8, 4) is 12.3 Å². The number of terminal acetylenes is 1. The monoisotopic (exact) mass is 273 g/mol. The lowest BCUT2D eigenvalue weighted by atomic mass is 9.92. The second kappa shape index (κ2) is 6.56. The first-order chi connectivity index (χ1) is 9.63. The van der Waals surface area contributed by atoms with Gasteiger partial charge in [0.15, 0.2) is 0 Å². The standard InChI is InChI=1S/C16H19NO3/c1-3-13(2)17-16(11-19-12-16)9-15(18)20-10-14-7-5-4-6-8-14/h1,4-8,13,17H,9-12H2,2H3.